The molecule has 3 atom stereocenters. The first-order valence-electron chi connectivity index (χ1n) is 10.0. The van der Waals surface area contributed by atoms with Gasteiger partial charge in [0.2, 0.25) is 0 Å². The Morgan fingerprint density at radius 2 is 2.00 bits per heavy atom. The molecule has 11 heteroatoms. The maximum absolute atomic E-state index is 14.4. The minimum absolute atomic E-state index is 0.0715. The van der Waals surface area contributed by atoms with Gasteiger partial charge in [-0.1, -0.05) is 23.2 Å². The van der Waals surface area contributed by atoms with Crippen molar-refractivity contribution in [3.05, 3.63) is 57.8 Å². The van der Waals surface area contributed by atoms with Crippen LogP contribution in [0.2, 0.25) is 10.2 Å². The molecule has 2 fully saturated rings. The molecular weight excluding hydrogens is 466 g/mol. The number of nitrogens with zero attached hydrogens (tertiary/aromatic N) is 4. The second-order valence-corrected chi connectivity index (χ2v) is 8.84. The Morgan fingerprint density at radius 3 is 2.72 bits per heavy atom. The molecule has 1 aliphatic carbocycles. The largest absolute Gasteiger partial charge is 0.382 e. The van der Waals surface area contributed by atoms with Crippen molar-refractivity contribution in [2.24, 2.45) is 0 Å². The number of rotatable bonds is 4. The molecule has 1 unspecified atom stereocenters. The van der Waals surface area contributed by atoms with Crippen molar-refractivity contribution in [2.45, 2.75) is 43.2 Å². The van der Waals surface area contributed by atoms with Crippen LogP contribution < -0.4 is 5.73 Å². The van der Waals surface area contributed by atoms with Crippen LogP contribution in [0.1, 0.15) is 48.6 Å². The van der Waals surface area contributed by atoms with E-state index >= 15 is 0 Å². The molecular formula is C21H18Cl2F3N5O. The summed E-state index contributed by atoms with van der Waals surface area (Å²) in [6.45, 7) is 0.410. The van der Waals surface area contributed by atoms with Gasteiger partial charge in [-0.05, 0) is 31.0 Å². The molecule has 1 aromatic carbocycles. The number of halogens is 5. The average Bonchev–Trinajstić information content (AvgIpc) is 3.21. The molecule has 2 aliphatic rings. The number of ether oxygens (including phenoxy) is 1. The second kappa shape index (κ2) is 7.90. The van der Waals surface area contributed by atoms with Crippen molar-refractivity contribution in [1.29, 1.82) is 0 Å². The first-order valence-corrected chi connectivity index (χ1v) is 10.8. The lowest BCUT2D eigenvalue weighted by molar-refractivity contribution is 0.00457. The summed E-state index contributed by atoms with van der Waals surface area (Å²) in [7, 11) is 0. The van der Waals surface area contributed by atoms with Crippen molar-refractivity contribution in [2.75, 3.05) is 12.3 Å². The summed E-state index contributed by atoms with van der Waals surface area (Å²) in [5.74, 6) is -3.29. The number of hydrogen-bond donors (Lipinski definition) is 1. The third kappa shape index (κ3) is 3.82. The van der Waals surface area contributed by atoms with Crippen LogP contribution in [0.3, 0.4) is 0 Å². The highest BCUT2D eigenvalue weighted by atomic mass is 35.5. The Morgan fingerprint density at radius 1 is 1.22 bits per heavy atom. The molecule has 0 radical (unpaired) electrons. The van der Waals surface area contributed by atoms with E-state index in [1.807, 2.05) is 0 Å². The van der Waals surface area contributed by atoms with Gasteiger partial charge in [0, 0.05) is 35.1 Å². The van der Waals surface area contributed by atoms with Gasteiger partial charge >= 0.3 is 0 Å². The van der Waals surface area contributed by atoms with Gasteiger partial charge in [-0.25, -0.2) is 27.8 Å². The SMILES string of the molecule is Nc1ncc([C@@H]2CCO[C@H](c3cnn(C4CC4(F)F)c3Cl)C2)nc1-c1ccc(Cl)cc1F. The maximum atomic E-state index is 14.4. The molecule has 5 rings (SSSR count). The van der Waals surface area contributed by atoms with E-state index in [4.69, 9.17) is 33.7 Å². The molecule has 1 saturated carbocycles. The number of nitrogens with two attached hydrogens (primary N) is 1. The van der Waals surface area contributed by atoms with Crippen molar-refractivity contribution in [1.82, 2.24) is 19.7 Å². The zero-order chi connectivity index (χ0) is 22.6. The van der Waals surface area contributed by atoms with Crippen LogP contribution in [0.4, 0.5) is 19.0 Å². The standard InChI is InChI=1S/C21H18Cl2F3N5O/c22-11-1-2-12(14(24)6-11)18-20(27)28-9-15(30-18)10-3-4-32-16(5-10)13-8-29-31(19(13)23)17-7-21(17,25)26/h1-2,6,8-10,16-17H,3-5,7H2,(H2,27,28)/t10-,16+,17?/m1/s1. The molecule has 6 nitrogen and oxygen atoms in total. The molecule has 2 aromatic heterocycles. The van der Waals surface area contributed by atoms with Crippen molar-refractivity contribution in [3.8, 4) is 11.3 Å². The first kappa shape index (κ1) is 21.5. The number of anilines is 1. The quantitative estimate of drug-likeness (QED) is 0.523. The summed E-state index contributed by atoms with van der Waals surface area (Å²) in [4.78, 5) is 8.80. The van der Waals surface area contributed by atoms with E-state index in [-0.39, 0.29) is 39.6 Å². The summed E-state index contributed by atoms with van der Waals surface area (Å²) in [5, 5.41) is 4.48. The number of nitrogen functional groups attached to an aromatic ring is 1. The summed E-state index contributed by atoms with van der Waals surface area (Å²) in [6.07, 6.45) is 3.49. The van der Waals surface area contributed by atoms with Gasteiger partial charge in [0.05, 0.1) is 24.2 Å². The van der Waals surface area contributed by atoms with Gasteiger partial charge in [-0.3, -0.25) is 0 Å². The molecule has 3 heterocycles. The molecule has 3 aromatic rings. The van der Waals surface area contributed by atoms with Gasteiger partial charge < -0.3 is 10.5 Å². The normalized spacial score (nSPS) is 24.5. The monoisotopic (exact) mass is 483 g/mol. The average molecular weight is 484 g/mol. The van der Waals surface area contributed by atoms with E-state index in [1.54, 1.807) is 12.3 Å². The molecule has 0 bridgehead atoms. The minimum atomic E-state index is -2.78. The fourth-order valence-electron chi connectivity index (χ4n) is 4.03. The summed E-state index contributed by atoms with van der Waals surface area (Å²) in [6, 6.07) is 3.25. The Labute approximate surface area is 191 Å². The zero-order valence-corrected chi connectivity index (χ0v) is 18.1. The van der Waals surface area contributed by atoms with Crippen molar-refractivity contribution in [3.63, 3.8) is 0 Å². The highest BCUT2D eigenvalue weighted by Gasteiger charge is 2.59. The lowest BCUT2D eigenvalue weighted by Crippen LogP contribution is -2.20. The van der Waals surface area contributed by atoms with E-state index in [1.165, 1.54) is 18.3 Å². The zero-order valence-electron chi connectivity index (χ0n) is 16.6. The highest BCUT2D eigenvalue weighted by Crippen LogP contribution is 2.54. The van der Waals surface area contributed by atoms with Crippen LogP contribution >= 0.6 is 23.2 Å². The number of aromatic nitrogens is 4. The third-order valence-corrected chi connectivity index (χ3v) is 6.53. The second-order valence-electron chi connectivity index (χ2n) is 8.05. The highest BCUT2D eigenvalue weighted by molar-refractivity contribution is 6.30. The van der Waals surface area contributed by atoms with Gasteiger partial charge in [-0.2, -0.15) is 5.10 Å². The molecule has 1 aliphatic heterocycles. The van der Waals surface area contributed by atoms with Gasteiger partial charge in [-0.15, -0.1) is 0 Å². The van der Waals surface area contributed by atoms with Gasteiger partial charge in [0.15, 0.2) is 0 Å². The first-order chi connectivity index (χ1) is 15.2. The van der Waals surface area contributed by atoms with E-state index < -0.39 is 23.9 Å². The Balaban J connectivity index is 1.41. The smallest absolute Gasteiger partial charge is 0.272 e. The van der Waals surface area contributed by atoms with Crippen LogP contribution in [-0.2, 0) is 4.74 Å². The topological polar surface area (TPSA) is 78.9 Å². The van der Waals surface area contributed by atoms with Crippen LogP contribution in [0.25, 0.3) is 11.3 Å². The Bertz CT molecular complexity index is 1190. The number of alkyl halides is 2. The molecule has 0 spiro atoms. The van der Waals surface area contributed by atoms with E-state index in [0.29, 0.717) is 30.7 Å². The lowest BCUT2D eigenvalue weighted by atomic mass is 9.90. The summed E-state index contributed by atoms with van der Waals surface area (Å²) < 4.78 is 48.4. The van der Waals surface area contributed by atoms with E-state index in [0.717, 1.165) is 4.68 Å². The molecule has 32 heavy (non-hydrogen) atoms. The molecule has 2 N–H and O–H groups in total. The maximum Gasteiger partial charge on any atom is 0.272 e. The van der Waals surface area contributed by atoms with E-state index in [2.05, 4.69) is 15.1 Å². The molecule has 0 amide bonds. The van der Waals surface area contributed by atoms with Crippen LogP contribution in [-0.4, -0.2) is 32.3 Å². The predicted octanol–water partition coefficient (Wildman–Crippen LogP) is 5.58. The van der Waals surface area contributed by atoms with Crippen LogP contribution in [0, 0.1) is 5.82 Å². The fraction of sp³-hybridized carbons (Fsp3) is 0.381. The van der Waals surface area contributed by atoms with Crippen molar-refractivity contribution < 1.29 is 17.9 Å². The van der Waals surface area contributed by atoms with Crippen LogP contribution in [0.15, 0.2) is 30.6 Å². The number of hydrogen-bond acceptors (Lipinski definition) is 5. The molecule has 168 valence electrons. The third-order valence-electron chi connectivity index (χ3n) is 5.90. The fourth-order valence-corrected chi connectivity index (χ4v) is 4.52. The van der Waals surface area contributed by atoms with Crippen molar-refractivity contribution >= 4 is 29.0 Å². The summed E-state index contributed by atoms with van der Waals surface area (Å²) in [5.41, 5.74) is 7.61. The van der Waals surface area contributed by atoms with E-state index in [9.17, 15) is 13.2 Å². The van der Waals surface area contributed by atoms with Crippen LogP contribution in [0.5, 0.6) is 0 Å². The predicted molar refractivity (Wildman–Crippen MR) is 113 cm³/mol. The molecule has 1 saturated heterocycles. The summed E-state index contributed by atoms with van der Waals surface area (Å²) >= 11 is 12.2. The lowest BCUT2D eigenvalue weighted by Gasteiger charge is -2.29. The van der Waals surface area contributed by atoms with Gasteiger partial charge in [0.1, 0.15) is 28.5 Å². The number of benzene rings is 1. The van der Waals surface area contributed by atoms with Gasteiger partial charge in [0.25, 0.3) is 5.92 Å². The minimum Gasteiger partial charge on any atom is -0.382 e. The Hall–Kier alpha value is -2.36. The Kier molecular flexibility index (Phi) is 5.30.